The Morgan fingerprint density at radius 3 is 2.56 bits per heavy atom. The van der Waals surface area contributed by atoms with Gasteiger partial charge < -0.3 is 5.32 Å². The molecule has 1 unspecified atom stereocenters. The van der Waals surface area contributed by atoms with Gasteiger partial charge in [-0.05, 0) is 18.2 Å². The van der Waals surface area contributed by atoms with Crippen LogP contribution >= 0.6 is 11.3 Å². The normalized spacial score (nSPS) is 12.5. The molecule has 0 bridgehead atoms. The zero-order chi connectivity index (χ0) is 18.6. The molecule has 25 heavy (non-hydrogen) atoms. The number of benzene rings is 1. The van der Waals surface area contributed by atoms with Crippen molar-refractivity contribution in [2.75, 3.05) is 10.6 Å². The van der Waals surface area contributed by atoms with Gasteiger partial charge in [0.1, 0.15) is 5.82 Å². The van der Waals surface area contributed by atoms with Crippen molar-refractivity contribution in [2.24, 2.45) is 5.92 Å². The maximum absolute atomic E-state index is 14.0. The summed E-state index contributed by atoms with van der Waals surface area (Å²) in [7, 11) is 0. The standard InChI is InChI=1S/C15H13F4N3O2S/c1-8(15(17,18)19)6-12(23)21-11-3-2-9(7-10(11)16)13(24)22-14-20-4-5-25-14/h2-5,7-8H,6H2,1H3,(H,21,23)(H,20,22,24). The van der Waals surface area contributed by atoms with Crippen LogP contribution in [0.1, 0.15) is 23.7 Å². The van der Waals surface area contributed by atoms with Crippen LogP contribution in [0.4, 0.5) is 28.4 Å². The molecule has 0 aliphatic carbocycles. The summed E-state index contributed by atoms with van der Waals surface area (Å²) in [5.41, 5.74) is -0.320. The minimum absolute atomic E-state index is 0.0191. The van der Waals surface area contributed by atoms with Crippen molar-refractivity contribution in [1.29, 1.82) is 0 Å². The summed E-state index contributed by atoms with van der Waals surface area (Å²) in [6.07, 6.45) is -3.84. The van der Waals surface area contributed by atoms with Crippen molar-refractivity contribution < 1.29 is 27.2 Å². The first-order valence-corrected chi connectivity index (χ1v) is 7.91. The molecular formula is C15H13F4N3O2S. The highest BCUT2D eigenvalue weighted by Gasteiger charge is 2.37. The predicted octanol–water partition coefficient (Wildman–Crippen LogP) is 4.06. The lowest BCUT2D eigenvalue weighted by molar-refractivity contribution is -0.173. The van der Waals surface area contributed by atoms with E-state index in [-0.39, 0.29) is 11.3 Å². The molecule has 2 N–H and O–H groups in total. The first-order valence-electron chi connectivity index (χ1n) is 7.04. The summed E-state index contributed by atoms with van der Waals surface area (Å²) < 4.78 is 51.3. The second kappa shape index (κ2) is 7.60. The van der Waals surface area contributed by atoms with Crippen molar-refractivity contribution in [3.8, 4) is 0 Å². The van der Waals surface area contributed by atoms with Gasteiger partial charge in [0.2, 0.25) is 5.91 Å². The fourth-order valence-electron chi connectivity index (χ4n) is 1.81. The number of amides is 2. The Balaban J connectivity index is 2.01. The number of hydrogen-bond acceptors (Lipinski definition) is 4. The monoisotopic (exact) mass is 375 g/mol. The van der Waals surface area contributed by atoms with E-state index in [1.165, 1.54) is 23.6 Å². The van der Waals surface area contributed by atoms with Crippen molar-refractivity contribution in [3.05, 3.63) is 41.2 Å². The molecule has 0 saturated heterocycles. The highest BCUT2D eigenvalue weighted by atomic mass is 32.1. The Kier molecular flexibility index (Phi) is 5.73. The molecule has 0 spiro atoms. The molecule has 134 valence electrons. The van der Waals surface area contributed by atoms with Crippen LogP contribution in [-0.2, 0) is 4.79 Å². The number of carbonyl (C=O) groups is 2. The van der Waals surface area contributed by atoms with Gasteiger partial charge in [0.05, 0.1) is 11.6 Å². The average molecular weight is 375 g/mol. The van der Waals surface area contributed by atoms with E-state index < -0.39 is 36.1 Å². The van der Waals surface area contributed by atoms with E-state index in [4.69, 9.17) is 0 Å². The molecule has 1 heterocycles. The summed E-state index contributed by atoms with van der Waals surface area (Å²) in [6, 6.07) is 3.24. The Morgan fingerprint density at radius 1 is 1.28 bits per heavy atom. The van der Waals surface area contributed by atoms with Gasteiger partial charge in [0.15, 0.2) is 5.13 Å². The maximum atomic E-state index is 14.0. The number of anilines is 2. The summed E-state index contributed by atoms with van der Waals surface area (Å²) >= 11 is 1.18. The first-order chi connectivity index (χ1) is 11.7. The van der Waals surface area contributed by atoms with Crippen molar-refractivity contribution in [1.82, 2.24) is 4.98 Å². The zero-order valence-corrected chi connectivity index (χ0v) is 13.7. The van der Waals surface area contributed by atoms with Gasteiger partial charge >= 0.3 is 6.18 Å². The number of thiazole rings is 1. The number of rotatable bonds is 5. The lowest BCUT2D eigenvalue weighted by Crippen LogP contribution is -2.25. The minimum Gasteiger partial charge on any atom is -0.324 e. The Labute approximate surface area is 144 Å². The third kappa shape index (κ3) is 5.24. The molecule has 0 aliphatic heterocycles. The van der Waals surface area contributed by atoms with Crippen molar-refractivity contribution in [2.45, 2.75) is 19.5 Å². The van der Waals surface area contributed by atoms with Gasteiger partial charge in [0, 0.05) is 23.6 Å². The molecule has 10 heteroatoms. The van der Waals surface area contributed by atoms with Crippen LogP contribution in [-0.4, -0.2) is 23.0 Å². The van der Waals surface area contributed by atoms with E-state index in [9.17, 15) is 27.2 Å². The smallest absolute Gasteiger partial charge is 0.324 e. The Morgan fingerprint density at radius 2 is 2.00 bits per heavy atom. The van der Waals surface area contributed by atoms with E-state index in [2.05, 4.69) is 15.6 Å². The lowest BCUT2D eigenvalue weighted by Gasteiger charge is -2.15. The summed E-state index contributed by atoms with van der Waals surface area (Å²) in [5, 5.41) is 6.51. The molecule has 0 radical (unpaired) electrons. The van der Waals surface area contributed by atoms with E-state index in [0.717, 1.165) is 19.1 Å². The average Bonchev–Trinajstić information content (AvgIpc) is 3.01. The Bertz CT molecular complexity index is 763. The molecule has 1 atom stereocenters. The van der Waals surface area contributed by atoms with Crippen LogP contribution in [0.15, 0.2) is 29.8 Å². The largest absolute Gasteiger partial charge is 0.392 e. The molecule has 1 aromatic heterocycles. The van der Waals surface area contributed by atoms with Gasteiger partial charge in [-0.25, -0.2) is 9.37 Å². The number of carbonyl (C=O) groups excluding carboxylic acids is 2. The predicted molar refractivity (Wildman–Crippen MR) is 84.9 cm³/mol. The molecule has 2 rings (SSSR count). The molecule has 0 saturated carbocycles. The van der Waals surface area contributed by atoms with E-state index in [0.29, 0.717) is 5.13 Å². The van der Waals surface area contributed by atoms with E-state index >= 15 is 0 Å². The quantitative estimate of drug-likeness (QED) is 0.774. The van der Waals surface area contributed by atoms with E-state index in [1.807, 2.05) is 0 Å². The SMILES string of the molecule is CC(CC(=O)Nc1ccc(C(=O)Nc2nccs2)cc1F)C(F)(F)F. The summed E-state index contributed by atoms with van der Waals surface area (Å²) in [5.74, 6) is -4.35. The molecular weight excluding hydrogens is 362 g/mol. The summed E-state index contributed by atoms with van der Waals surface area (Å²) in [4.78, 5) is 27.4. The van der Waals surface area contributed by atoms with Gasteiger partial charge in [-0.1, -0.05) is 6.92 Å². The fourth-order valence-corrected chi connectivity index (χ4v) is 2.33. The van der Waals surface area contributed by atoms with E-state index in [1.54, 1.807) is 5.38 Å². The van der Waals surface area contributed by atoms with Crippen LogP contribution in [0.25, 0.3) is 0 Å². The van der Waals surface area contributed by atoms with Gasteiger partial charge in [0.25, 0.3) is 5.91 Å². The molecule has 0 aliphatic rings. The minimum atomic E-state index is -4.51. The first kappa shape index (κ1) is 18.8. The topological polar surface area (TPSA) is 71.1 Å². The number of halogens is 4. The number of nitrogens with one attached hydrogen (secondary N) is 2. The number of hydrogen-bond donors (Lipinski definition) is 2. The van der Waals surface area contributed by atoms with Crippen molar-refractivity contribution in [3.63, 3.8) is 0 Å². The highest BCUT2D eigenvalue weighted by Crippen LogP contribution is 2.28. The number of aromatic nitrogens is 1. The van der Waals surface area contributed by atoms with Crippen LogP contribution in [0.3, 0.4) is 0 Å². The van der Waals surface area contributed by atoms with Crippen molar-refractivity contribution >= 4 is 34.0 Å². The second-order valence-electron chi connectivity index (χ2n) is 5.18. The maximum Gasteiger partial charge on any atom is 0.392 e. The zero-order valence-electron chi connectivity index (χ0n) is 12.9. The Hall–Kier alpha value is -2.49. The second-order valence-corrected chi connectivity index (χ2v) is 6.08. The van der Waals surface area contributed by atoms with Gasteiger partial charge in [-0.2, -0.15) is 13.2 Å². The molecule has 2 aromatic rings. The van der Waals surface area contributed by atoms with Crippen LogP contribution in [0.5, 0.6) is 0 Å². The van der Waals surface area contributed by atoms with Crippen LogP contribution < -0.4 is 10.6 Å². The lowest BCUT2D eigenvalue weighted by atomic mass is 10.1. The fraction of sp³-hybridized carbons (Fsp3) is 0.267. The van der Waals surface area contributed by atoms with Gasteiger partial charge in [-0.3, -0.25) is 14.9 Å². The van der Waals surface area contributed by atoms with Gasteiger partial charge in [-0.15, -0.1) is 11.3 Å². The third-order valence-corrected chi connectivity index (χ3v) is 3.90. The summed E-state index contributed by atoms with van der Waals surface area (Å²) in [6.45, 7) is 0.863. The van der Waals surface area contributed by atoms with Crippen LogP contribution in [0, 0.1) is 11.7 Å². The number of alkyl halides is 3. The molecule has 2 amide bonds. The molecule has 5 nitrogen and oxygen atoms in total. The number of nitrogens with zero attached hydrogens (tertiary/aromatic N) is 1. The third-order valence-electron chi connectivity index (χ3n) is 3.21. The molecule has 0 fully saturated rings. The highest BCUT2D eigenvalue weighted by molar-refractivity contribution is 7.13. The molecule has 1 aromatic carbocycles. The van der Waals surface area contributed by atoms with Crippen LogP contribution in [0.2, 0.25) is 0 Å².